The van der Waals surface area contributed by atoms with Gasteiger partial charge in [-0.15, -0.1) is 0 Å². The second-order valence-corrected chi connectivity index (χ2v) is 6.17. The Bertz CT molecular complexity index is 466. The average Bonchev–Trinajstić information content (AvgIpc) is 2.60. The number of aliphatic hydroxyl groups is 1. The third-order valence-corrected chi connectivity index (χ3v) is 4.33. The van der Waals surface area contributed by atoms with E-state index in [2.05, 4.69) is 10.6 Å². The van der Waals surface area contributed by atoms with Gasteiger partial charge in [0.2, 0.25) is 5.91 Å². The first kappa shape index (κ1) is 17.8. The highest BCUT2D eigenvalue weighted by atomic mass is 16.5. The molecular formula is C18H28N2O3. The molecule has 3 N–H and O–H groups in total. The van der Waals surface area contributed by atoms with Crippen molar-refractivity contribution in [3.05, 3.63) is 29.8 Å². The summed E-state index contributed by atoms with van der Waals surface area (Å²) in [5.41, 5.74) is 2.06. The van der Waals surface area contributed by atoms with E-state index in [4.69, 9.17) is 9.84 Å². The third-order valence-electron chi connectivity index (χ3n) is 4.33. The number of amides is 1. The van der Waals surface area contributed by atoms with Crippen molar-refractivity contribution in [1.29, 1.82) is 0 Å². The molecule has 23 heavy (non-hydrogen) atoms. The SMILES string of the molecule is CCC(CO)NC(=O)Cc1ccc(NCC2CCOCC2)cc1. The van der Waals surface area contributed by atoms with Crippen LogP contribution >= 0.6 is 0 Å². The fraction of sp³-hybridized carbons (Fsp3) is 0.611. The van der Waals surface area contributed by atoms with E-state index in [-0.39, 0.29) is 18.6 Å². The minimum absolute atomic E-state index is 0.0166. The number of rotatable bonds is 8. The normalized spacial score (nSPS) is 16.8. The second-order valence-electron chi connectivity index (χ2n) is 6.17. The molecule has 1 aromatic rings. The van der Waals surface area contributed by atoms with Crippen LogP contribution in [-0.4, -0.2) is 43.4 Å². The topological polar surface area (TPSA) is 70.6 Å². The van der Waals surface area contributed by atoms with E-state index in [0.29, 0.717) is 12.3 Å². The van der Waals surface area contributed by atoms with Gasteiger partial charge in [0, 0.05) is 25.4 Å². The van der Waals surface area contributed by atoms with Gasteiger partial charge in [-0.05, 0) is 42.9 Å². The number of aliphatic hydroxyl groups excluding tert-OH is 1. The van der Waals surface area contributed by atoms with Crippen molar-refractivity contribution in [2.45, 2.75) is 38.6 Å². The lowest BCUT2D eigenvalue weighted by Gasteiger charge is -2.22. The highest BCUT2D eigenvalue weighted by molar-refractivity contribution is 5.79. The van der Waals surface area contributed by atoms with Crippen LogP contribution in [0.2, 0.25) is 0 Å². The van der Waals surface area contributed by atoms with Crippen LogP contribution in [0.3, 0.4) is 0 Å². The van der Waals surface area contributed by atoms with E-state index < -0.39 is 0 Å². The standard InChI is InChI=1S/C18H28N2O3/c1-2-16(13-21)20-18(22)11-14-3-5-17(6-4-14)19-12-15-7-9-23-10-8-15/h3-6,15-16,19,21H,2,7-13H2,1H3,(H,20,22). The molecule has 128 valence electrons. The maximum absolute atomic E-state index is 11.9. The molecule has 1 fully saturated rings. The second kappa shape index (κ2) is 9.53. The number of hydrogen-bond donors (Lipinski definition) is 3. The van der Waals surface area contributed by atoms with Gasteiger partial charge in [0.1, 0.15) is 0 Å². The van der Waals surface area contributed by atoms with Crippen molar-refractivity contribution in [3.8, 4) is 0 Å². The zero-order valence-corrected chi connectivity index (χ0v) is 13.9. The number of ether oxygens (including phenoxy) is 1. The van der Waals surface area contributed by atoms with Gasteiger partial charge in [-0.3, -0.25) is 4.79 Å². The molecule has 1 atom stereocenters. The fourth-order valence-corrected chi connectivity index (χ4v) is 2.69. The molecule has 0 aliphatic carbocycles. The molecule has 0 bridgehead atoms. The molecule has 5 heteroatoms. The summed E-state index contributed by atoms with van der Waals surface area (Å²) in [6, 6.07) is 7.84. The van der Waals surface area contributed by atoms with E-state index in [1.807, 2.05) is 31.2 Å². The van der Waals surface area contributed by atoms with E-state index >= 15 is 0 Å². The summed E-state index contributed by atoms with van der Waals surface area (Å²) in [6.45, 7) is 4.63. The van der Waals surface area contributed by atoms with Gasteiger partial charge in [0.15, 0.2) is 0 Å². The van der Waals surface area contributed by atoms with Crippen molar-refractivity contribution in [2.24, 2.45) is 5.92 Å². The van der Waals surface area contributed by atoms with E-state index in [1.165, 1.54) is 0 Å². The van der Waals surface area contributed by atoms with Crippen LogP contribution < -0.4 is 10.6 Å². The summed E-state index contributed by atoms with van der Waals surface area (Å²) in [5.74, 6) is 0.632. The van der Waals surface area contributed by atoms with Crippen LogP contribution in [-0.2, 0) is 16.0 Å². The average molecular weight is 320 g/mol. The number of carbonyl (C=O) groups excluding carboxylic acids is 1. The van der Waals surface area contributed by atoms with Crippen LogP contribution in [0.1, 0.15) is 31.7 Å². The first-order valence-corrected chi connectivity index (χ1v) is 8.52. The van der Waals surface area contributed by atoms with Crippen molar-refractivity contribution in [1.82, 2.24) is 5.32 Å². The molecule has 5 nitrogen and oxygen atoms in total. The number of anilines is 1. The van der Waals surface area contributed by atoms with Gasteiger partial charge in [0.05, 0.1) is 19.1 Å². The Morgan fingerprint density at radius 3 is 2.61 bits per heavy atom. The lowest BCUT2D eigenvalue weighted by Crippen LogP contribution is -2.37. The van der Waals surface area contributed by atoms with E-state index in [1.54, 1.807) is 0 Å². The highest BCUT2D eigenvalue weighted by Crippen LogP contribution is 2.16. The number of nitrogens with one attached hydrogen (secondary N) is 2. The van der Waals surface area contributed by atoms with E-state index in [9.17, 15) is 4.79 Å². The Kier molecular flexibility index (Phi) is 7.36. The summed E-state index contributed by atoms with van der Waals surface area (Å²) in [5, 5.41) is 15.4. The van der Waals surface area contributed by atoms with Crippen LogP contribution in [0, 0.1) is 5.92 Å². The van der Waals surface area contributed by atoms with Crippen LogP contribution in [0.4, 0.5) is 5.69 Å². The fourth-order valence-electron chi connectivity index (χ4n) is 2.69. The minimum Gasteiger partial charge on any atom is -0.394 e. The molecule has 1 amide bonds. The number of benzene rings is 1. The van der Waals surface area contributed by atoms with Gasteiger partial charge in [-0.1, -0.05) is 19.1 Å². The Balaban J connectivity index is 1.76. The Hall–Kier alpha value is -1.59. The largest absolute Gasteiger partial charge is 0.394 e. The Morgan fingerprint density at radius 2 is 2.00 bits per heavy atom. The monoisotopic (exact) mass is 320 g/mol. The summed E-state index contributed by atoms with van der Waals surface area (Å²) in [4.78, 5) is 11.9. The van der Waals surface area contributed by atoms with Gasteiger partial charge in [0.25, 0.3) is 0 Å². The molecule has 2 rings (SSSR count). The number of hydrogen-bond acceptors (Lipinski definition) is 4. The summed E-state index contributed by atoms with van der Waals surface area (Å²) < 4.78 is 5.37. The molecule has 1 aliphatic heterocycles. The zero-order chi connectivity index (χ0) is 16.5. The Labute approximate surface area is 138 Å². The zero-order valence-electron chi connectivity index (χ0n) is 13.9. The van der Waals surface area contributed by atoms with Gasteiger partial charge < -0.3 is 20.5 Å². The molecule has 0 spiro atoms. The molecule has 0 radical (unpaired) electrons. The van der Waals surface area contributed by atoms with E-state index in [0.717, 1.165) is 50.3 Å². The smallest absolute Gasteiger partial charge is 0.224 e. The van der Waals surface area contributed by atoms with Crippen LogP contribution in [0.15, 0.2) is 24.3 Å². The van der Waals surface area contributed by atoms with Gasteiger partial charge in [-0.2, -0.15) is 0 Å². The number of carbonyl (C=O) groups is 1. The van der Waals surface area contributed by atoms with Crippen LogP contribution in [0.25, 0.3) is 0 Å². The molecular weight excluding hydrogens is 292 g/mol. The predicted octanol–water partition coefficient (Wildman–Crippen LogP) is 1.95. The molecule has 1 unspecified atom stereocenters. The molecule has 1 aliphatic rings. The lowest BCUT2D eigenvalue weighted by atomic mass is 10.0. The van der Waals surface area contributed by atoms with Crippen molar-refractivity contribution < 1.29 is 14.6 Å². The molecule has 1 heterocycles. The molecule has 1 aromatic carbocycles. The maximum Gasteiger partial charge on any atom is 0.224 e. The van der Waals surface area contributed by atoms with Gasteiger partial charge in [-0.25, -0.2) is 0 Å². The summed E-state index contributed by atoms with van der Waals surface area (Å²) in [7, 11) is 0. The lowest BCUT2D eigenvalue weighted by molar-refractivity contribution is -0.121. The highest BCUT2D eigenvalue weighted by Gasteiger charge is 2.13. The van der Waals surface area contributed by atoms with Crippen molar-refractivity contribution in [2.75, 3.05) is 31.7 Å². The Morgan fingerprint density at radius 1 is 1.30 bits per heavy atom. The molecule has 1 saturated heterocycles. The summed E-state index contributed by atoms with van der Waals surface area (Å²) >= 11 is 0. The molecule has 0 aromatic heterocycles. The predicted molar refractivity (Wildman–Crippen MR) is 91.5 cm³/mol. The van der Waals surface area contributed by atoms with Crippen molar-refractivity contribution in [3.63, 3.8) is 0 Å². The quantitative estimate of drug-likeness (QED) is 0.685. The molecule has 0 saturated carbocycles. The first-order chi connectivity index (χ1) is 11.2. The van der Waals surface area contributed by atoms with Crippen molar-refractivity contribution >= 4 is 11.6 Å². The van der Waals surface area contributed by atoms with Crippen LogP contribution in [0.5, 0.6) is 0 Å². The minimum atomic E-state index is -0.150. The third kappa shape index (κ3) is 6.20. The maximum atomic E-state index is 11.9. The van der Waals surface area contributed by atoms with Gasteiger partial charge >= 0.3 is 0 Å². The summed E-state index contributed by atoms with van der Waals surface area (Å²) in [6.07, 6.45) is 3.32. The first-order valence-electron chi connectivity index (χ1n) is 8.52.